The van der Waals surface area contributed by atoms with Crippen LogP contribution in [0.3, 0.4) is 0 Å². The molecule has 20 heavy (non-hydrogen) atoms. The topological polar surface area (TPSA) is 43.5 Å². The predicted molar refractivity (Wildman–Crippen MR) is 75.8 cm³/mol. The Morgan fingerprint density at radius 1 is 0.700 bits per heavy atom. The third-order valence-corrected chi connectivity index (χ3v) is 4.72. The summed E-state index contributed by atoms with van der Waals surface area (Å²) in [5.74, 6) is 1.76. The van der Waals surface area contributed by atoms with Crippen LogP contribution in [0.5, 0.6) is 0 Å². The summed E-state index contributed by atoms with van der Waals surface area (Å²) in [5, 5.41) is 0. The summed E-state index contributed by atoms with van der Waals surface area (Å²) in [4.78, 5) is 0. The molecule has 2 unspecified atom stereocenters. The summed E-state index contributed by atoms with van der Waals surface area (Å²) < 4.78 is 21.5. The van der Waals surface area contributed by atoms with E-state index in [0.717, 1.165) is 51.5 Å². The highest BCUT2D eigenvalue weighted by molar-refractivity contribution is 4.73. The Kier molecular flexibility index (Phi) is 5.71. The molecule has 1 aliphatic carbocycles. The van der Waals surface area contributed by atoms with Gasteiger partial charge in [-0.3, -0.25) is 0 Å². The maximum Gasteiger partial charge on any atom is 0.104 e. The van der Waals surface area contributed by atoms with Crippen molar-refractivity contribution in [1.82, 2.24) is 0 Å². The van der Waals surface area contributed by atoms with Crippen molar-refractivity contribution in [3.05, 3.63) is 0 Å². The van der Waals surface area contributed by atoms with Gasteiger partial charge in [-0.15, -0.1) is 0 Å². The summed E-state index contributed by atoms with van der Waals surface area (Å²) in [7, 11) is 0. The minimum atomic E-state index is 0.409. The monoisotopic (exact) mass is 284 g/mol. The molecular weight excluding hydrogens is 256 g/mol. The first-order chi connectivity index (χ1) is 9.90. The lowest BCUT2D eigenvalue weighted by Crippen LogP contribution is -2.18. The lowest BCUT2D eigenvalue weighted by atomic mass is 9.79. The van der Waals surface area contributed by atoms with Crippen LogP contribution in [0, 0.1) is 11.8 Å². The molecule has 3 rings (SSSR count). The molecule has 4 heteroatoms. The van der Waals surface area contributed by atoms with Gasteiger partial charge in [-0.25, -0.2) is 0 Å². The van der Waals surface area contributed by atoms with E-state index in [1.807, 2.05) is 0 Å². The van der Waals surface area contributed by atoms with Gasteiger partial charge in [0.1, 0.15) is 12.2 Å². The second-order valence-corrected chi connectivity index (χ2v) is 6.52. The van der Waals surface area contributed by atoms with E-state index in [1.165, 1.54) is 38.5 Å². The molecule has 2 aliphatic heterocycles. The summed E-state index contributed by atoms with van der Waals surface area (Å²) in [6, 6.07) is 0. The third kappa shape index (κ3) is 5.68. The average Bonchev–Trinajstić information content (AvgIpc) is 3.36. The van der Waals surface area contributed by atoms with Crippen LogP contribution in [-0.2, 0) is 18.9 Å². The van der Waals surface area contributed by atoms with Crippen LogP contribution >= 0.6 is 0 Å². The SMILES string of the molecule is C(CC1CCC(CCOCC2CO2)CC1)OCC1CO1. The maximum atomic E-state index is 5.64. The predicted octanol–water partition coefficient (Wildman–Crippen LogP) is 2.40. The number of hydrogen-bond donors (Lipinski definition) is 0. The van der Waals surface area contributed by atoms with Gasteiger partial charge in [0.15, 0.2) is 0 Å². The van der Waals surface area contributed by atoms with Gasteiger partial charge in [-0.05, 0) is 24.7 Å². The summed E-state index contributed by atoms with van der Waals surface area (Å²) >= 11 is 0. The molecule has 0 aromatic heterocycles. The van der Waals surface area contributed by atoms with Crippen LogP contribution in [-0.4, -0.2) is 51.8 Å². The zero-order valence-corrected chi connectivity index (χ0v) is 12.4. The molecule has 0 radical (unpaired) electrons. The minimum absolute atomic E-state index is 0.409. The molecule has 3 fully saturated rings. The van der Waals surface area contributed by atoms with Crippen LogP contribution in [0.4, 0.5) is 0 Å². The van der Waals surface area contributed by atoms with E-state index in [0.29, 0.717) is 12.2 Å². The van der Waals surface area contributed by atoms with E-state index in [1.54, 1.807) is 0 Å². The second-order valence-electron chi connectivity index (χ2n) is 6.52. The van der Waals surface area contributed by atoms with E-state index in [-0.39, 0.29) is 0 Å². The second kappa shape index (κ2) is 7.74. The Labute approximate surface area is 122 Å². The van der Waals surface area contributed by atoms with E-state index < -0.39 is 0 Å². The highest BCUT2D eigenvalue weighted by atomic mass is 16.6. The van der Waals surface area contributed by atoms with Crippen molar-refractivity contribution in [2.24, 2.45) is 11.8 Å². The number of ether oxygens (including phenoxy) is 4. The third-order valence-electron chi connectivity index (χ3n) is 4.72. The van der Waals surface area contributed by atoms with Gasteiger partial charge < -0.3 is 18.9 Å². The van der Waals surface area contributed by atoms with Gasteiger partial charge in [0.2, 0.25) is 0 Å². The van der Waals surface area contributed by atoms with Crippen LogP contribution in [0.15, 0.2) is 0 Å². The Balaban J connectivity index is 1.15. The van der Waals surface area contributed by atoms with E-state index >= 15 is 0 Å². The quantitative estimate of drug-likeness (QED) is 0.456. The van der Waals surface area contributed by atoms with Crippen LogP contribution in [0.1, 0.15) is 38.5 Å². The molecule has 4 nitrogen and oxygen atoms in total. The zero-order valence-electron chi connectivity index (χ0n) is 12.4. The zero-order chi connectivity index (χ0) is 13.6. The van der Waals surface area contributed by atoms with Gasteiger partial charge in [0, 0.05) is 13.2 Å². The Hall–Kier alpha value is -0.160. The van der Waals surface area contributed by atoms with Crippen molar-refractivity contribution in [1.29, 1.82) is 0 Å². The molecule has 2 atom stereocenters. The average molecular weight is 284 g/mol. The number of epoxide rings is 2. The fourth-order valence-corrected chi connectivity index (χ4v) is 3.07. The molecule has 0 amide bonds. The fourth-order valence-electron chi connectivity index (χ4n) is 3.07. The van der Waals surface area contributed by atoms with Gasteiger partial charge in [-0.1, -0.05) is 25.7 Å². The molecule has 2 heterocycles. The molecule has 116 valence electrons. The highest BCUT2D eigenvalue weighted by Crippen LogP contribution is 2.32. The number of hydrogen-bond acceptors (Lipinski definition) is 4. The van der Waals surface area contributed by atoms with Crippen molar-refractivity contribution in [3.8, 4) is 0 Å². The molecular formula is C16H28O4. The first-order valence-electron chi connectivity index (χ1n) is 8.29. The molecule has 0 bridgehead atoms. The van der Waals surface area contributed by atoms with Crippen molar-refractivity contribution in [2.75, 3.05) is 39.6 Å². The lowest BCUT2D eigenvalue weighted by molar-refractivity contribution is 0.0839. The van der Waals surface area contributed by atoms with Crippen LogP contribution < -0.4 is 0 Å². The largest absolute Gasteiger partial charge is 0.379 e. The Morgan fingerprint density at radius 2 is 1.10 bits per heavy atom. The Bertz CT molecular complexity index is 240. The van der Waals surface area contributed by atoms with Gasteiger partial charge in [-0.2, -0.15) is 0 Å². The molecule has 2 saturated heterocycles. The standard InChI is InChI=1S/C16H28O4/c1-2-14(6-8-18-10-16-12-20-16)4-3-13(1)5-7-17-9-15-11-19-15/h13-16H,1-12H2. The first-order valence-corrected chi connectivity index (χ1v) is 8.29. The molecule has 0 spiro atoms. The van der Waals surface area contributed by atoms with Crippen molar-refractivity contribution < 1.29 is 18.9 Å². The lowest BCUT2D eigenvalue weighted by Gasteiger charge is -2.28. The molecule has 1 saturated carbocycles. The van der Waals surface area contributed by atoms with E-state index in [2.05, 4.69) is 0 Å². The van der Waals surface area contributed by atoms with Crippen LogP contribution in [0.25, 0.3) is 0 Å². The summed E-state index contributed by atoms with van der Waals surface area (Å²) in [6.07, 6.45) is 8.78. The van der Waals surface area contributed by atoms with Gasteiger partial charge >= 0.3 is 0 Å². The molecule has 3 aliphatic rings. The van der Waals surface area contributed by atoms with E-state index in [9.17, 15) is 0 Å². The minimum Gasteiger partial charge on any atom is -0.379 e. The van der Waals surface area contributed by atoms with Gasteiger partial charge in [0.25, 0.3) is 0 Å². The van der Waals surface area contributed by atoms with Crippen molar-refractivity contribution in [2.45, 2.75) is 50.7 Å². The fraction of sp³-hybridized carbons (Fsp3) is 1.00. The van der Waals surface area contributed by atoms with Crippen LogP contribution in [0.2, 0.25) is 0 Å². The summed E-state index contributed by atoms with van der Waals surface area (Å²) in [6.45, 7) is 5.24. The van der Waals surface area contributed by atoms with Gasteiger partial charge in [0.05, 0.1) is 26.4 Å². The van der Waals surface area contributed by atoms with E-state index in [4.69, 9.17) is 18.9 Å². The highest BCUT2D eigenvalue weighted by Gasteiger charge is 2.24. The molecule has 0 N–H and O–H groups in total. The van der Waals surface area contributed by atoms with Crippen molar-refractivity contribution in [3.63, 3.8) is 0 Å². The molecule has 0 aromatic carbocycles. The smallest absolute Gasteiger partial charge is 0.104 e. The maximum absolute atomic E-state index is 5.64. The summed E-state index contributed by atoms with van der Waals surface area (Å²) in [5.41, 5.74) is 0. The first kappa shape index (κ1) is 14.8. The molecule has 0 aromatic rings. The van der Waals surface area contributed by atoms with Crippen molar-refractivity contribution >= 4 is 0 Å². The Morgan fingerprint density at radius 3 is 1.45 bits per heavy atom. The number of rotatable bonds is 10. The normalized spacial score (nSPS) is 36.0.